The normalized spacial score (nSPS) is 12.2. The maximum Gasteiger partial charge on any atom is 0.331 e. The number of benzene rings is 1. The molecule has 0 aliphatic rings. The van der Waals surface area contributed by atoms with E-state index in [2.05, 4.69) is 10.4 Å². The predicted octanol–water partition coefficient (Wildman–Crippen LogP) is 3.45. The molecule has 1 amide bonds. The summed E-state index contributed by atoms with van der Waals surface area (Å²) in [5, 5.41) is 6.86. The fraction of sp³-hybridized carbons (Fsp3) is 0.350. The fourth-order valence-electron chi connectivity index (χ4n) is 2.38. The van der Waals surface area contributed by atoms with Crippen molar-refractivity contribution in [3.05, 3.63) is 48.2 Å². The van der Waals surface area contributed by atoms with E-state index in [9.17, 15) is 9.59 Å². The minimum atomic E-state index is -0.945. The number of rotatable bonds is 8. The van der Waals surface area contributed by atoms with Crippen LogP contribution >= 0.6 is 0 Å². The van der Waals surface area contributed by atoms with Crippen molar-refractivity contribution in [1.82, 2.24) is 9.78 Å². The predicted molar refractivity (Wildman–Crippen MR) is 103 cm³/mol. The van der Waals surface area contributed by atoms with Gasteiger partial charge in [0.05, 0.1) is 12.8 Å². The monoisotopic (exact) mass is 371 g/mol. The third kappa shape index (κ3) is 5.70. The van der Waals surface area contributed by atoms with Crippen LogP contribution in [0.15, 0.2) is 42.6 Å². The smallest absolute Gasteiger partial charge is 0.331 e. The first-order chi connectivity index (χ1) is 12.9. The van der Waals surface area contributed by atoms with Gasteiger partial charge < -0.3 is 14.8 Å². The van der Waals surface area contributed by atoms with Crippen molar-refractivity contribution in [1.29, 1.82) is 0 Å². The van der Waals surface area contributed by atoms with Crippen LogP contribution in [0.1, 0.15) is 39.3 Å². The molecule has 27 heavy (non-hydrogen) atoms. The van der Waals surface area contributed by atoms with Crippen molar-refractivity contribution in [2.24, 2.45) is 0 Å². The molecule has 0 saturated heterocycles. The van der Waals surface area contributed by atoms with E-state index in [1.807, 2.05) is 45.0 Å². The van der Waals surface area contributed by atoms with Gasteiger partial charge in [0.1, 0.15) is 11.6 Å². The summed E-state index contributed by atoms with van der Waals surface area (Å²) in [4.78, 5) is 24.3. The first-order valence-corrected chi connectivity index (χ1v) is 8.87. The second kappa shape index (κ2) is 9.56. The van der Waals surface area contributed by atoms with E-state index < -0.39 is 18.0 Å². The molecule has 7 heteroatoms. The Labute approximate surface area is 159 Å². The second-order valence-electron chi connectivity index (χ2n) is 6.13. The number of nitrogens with one attached hydrogen (secondary N) is 1. The Kier molecular flexibility index (Phi) is 7.16. The standard InChI is InChI=1S/C20H25N3O4/c1-5-26-17-9-7-6-8-16(17)10-11-19(24)27-15(4)20(25)22-18-12-13-21-23(18)14(2)3/h6-15H,5H2,1-4H3,(H,22,25)/b11-10+/t15-/m1/s1. The number of esters is 1. The Morgan fingerprint density at radius 3 is 2.67 bits per heavy atom. The summed E-state index contributed by atoms with van der Waals surface area (Å²) in [6.45, 7) is 7.85. The number of aromatic nitrogens is 2. The zero-order valence-electron chi connectivity index (χ0n) is 16.0. The Morgan fingerprint density at radius 2 is 1.96 bits per heavy atom. The van der Waals surface area contributed by atoms with Gasteiger partial charge in [-0.3, -0.25) is 4.79 Å². The number of amides is 1. The highest BCUT2D eigenvalue weighted by Crippen LogP contribution is 2.19. The second-order valence-corrected chi connectivity index (χ2v) is 6.13. The zero-order chi connectivity index (χ0) is 19.8. The molecule has 0 unspecified atom stereocenters. The van der Waals surface area contributed by atoms with Crippen LogP contribution in [0.3, 0.4) is 0 Å². The molecule has 1 N–H and O–H groups in total. The van der Waals surface area contributed by atoms with Crippen molar-refractivity contribution in [2.75, 3.05) is 11.9 Å². The quantitative estimate of drug-likeness (QED) is 0.568. The lowest BCUT2D eigenvalue weighted by Crippen LogP contribution is -2.30. The van der Waals surface area contributed by atoms with Crippen LogP contribution in [0.4, 0.5) is 5.82 Å². The summed E-state index contributed by atoms with van der Waals surface area (Å²) in [6, 6.07) is 9.15. The minimum absolute atomic E-state index is 0.0986. The first kappa shape index (κ1) is 20.2. The van der Waals surface area contributed by atoms with Gasteiger partial charge >= 0.3 is 5.97 Å². The molecule has 0 radical (unpaired) electrons. The molecule has 1 heterocycles. The van der Waals surface area contributed by atoms with Crippen LogP contribution < -0.4 is 10.1 Å². The van der Waals surface area contributed by atoms with Gasteiger partial charge in [0.25, 0.3) is 5.91 Å². The van der Waals surface area contributed by atoms with Gasteiger partial charge in [0.15, 0.2) is 6.10 Å². The summed E-state index contributed by atoms with van der Waals surface area (Å²) in [7, 11) is 0. The number of anilines is 1. The molecule has 1 aromatic carbocycles. The summed E-state index contributed by atoms with van der Waals surface area (Å²) >= 11 is 0. The molecule has 0 bridgehead atoms. The number of ether oxygens (including phenoxy) is 2. The van der Waals surface area contributed by atoms with Crippen LogP contribution in [0.25, 0.3) is 6.08 Å². The van der Waals surface area contributed by atoms with Crippen LogP contribution in [0, 0.1) is 0 Å². The van der Waals surface area contributed by atoms with E-state index in [4.69, 9.17) is 9.47 Å². The molecule has 1 aromatic heterocycles. The van der Waals surface area contributed by atoms with Crippen LogP contribution in [-0.4, -0.2) is 34.4 Å². The summed E-state index contributed by atoms with van der Waals surface area (Å²) in [5.41, 5.74) is 0.759. The van der Waals surface area contributed by atoms with Gasteiger partial charge in [-0.25, -0.2) is 9.48 Å². The highest BCUT2D eigenvalue weighted by atomic mass is 16.5. The molecule has 144 valence electrons. The lowest BCUT2D eigenvalue weighted by atomic mass is 10.2. The lowest BCUT2D eigenvalue weighted by molar-refractivity contribution is -0.148. The van der Waals surface area contributed by atoms with Crippen molar-refractivity contribution < 1.29 is 19.1 Å². The summed E-state index contributed by atoms with van der Waals surface area (Å²) in [6.07, 6.45) is 3.54. The van der Waals surface area contributed by atoms with Crippen molar-refractivity contribution >= 4 is 23.8 Å². The Morgan fingerprint density at radius 1 is 1.22 bits per heavy atom. The van der Waals surface area contributed by atoms with Gasteiger partial charge in [-0.1, -0.05) is 18.2 Å². The molecule has 0 spiro atoms. The van der Waals surface area contributed by atoms with Gasteiger partial charge in [-0.2, -0.15) is 5.10 Å². The van der Waals surface area contributed by atoms with Gasteiger partial charge in [-0.05, 0) is 39.8 Å². The summed E-state index contributed by atoms with van der Waals surface area (Å²) in [5.74, 6) is 0.200. The molecule has 0 aliphatic heterocycles. The molecule has 0 saturated carbocycles. The molecule has 0 aliphatic carbocycles. The molecular weight excluding hydrogens is 346 g/mol. The highest BCUT2D eigenvalue weighted by Gasteiger charge is 2.18. The average molecular weight is 371 g/mol. The Hall–Kier alpha value is -3.09. The number of carbonyl (C=O) groups is 2. The Balaban J connectivity index is 1.95. The van der Waals surface area contributed by atoms with Crippen molar-refractivity contribution in [3.63, 3.8) is 0 Å². The maximum atomic E-state index is 12.3. The van der Waals surface area contributed by atoms with E-state index in [0.717, 1.165) is 5.56 Å². The van der Waals surface area contributed by atoms with Crippen LogP contribution in [0.5, 0.6) is 5.75 Å². The van der Waals surface area contributed by atoms with E-state index in [-0.39, 0.29) is 6.04 Å². The molecule has 1 atom stereocenters. The number of carbonyl (C=O) groups excluding carboxylic acids is 2. The summed E-state index contributed by atoms with van der Waals surface area (Å²) < 4.78 is 12.4. The van der Waals surface area contributed by atoms with E-state index >= 15 is 0 Å². The van der Waals surface area contributed by atoms with E-state index in [1.54, 1.807) is 23.0 Å². The molecular formula is C20H25N3O4. The molecule has 2 rings (SSSR count). The van der Waals surface area contributed by atoms with E-state index in [0.29, 0.717) is 18.2 Å². The molecule has 7 nitrogen and oxygen atoms in total. The largest absolute Gasteiger partial charge is 0.493 e. The van der Waals surface area contributed by atoms with E-state index in [1.165, 1.54) is 13.0 Å². The topological polar surface area (TPSA) is 82.4 Å². The first-order valence-electron chi connectivity index (χ1n) is 8.87. The lowest BCUT2D eigenvalue weighted by Gasteiger charge is -2.15. The van der Waals surface area contributed by atoms with Gasteiger partial charge in [-0.15, -0.1) is 0 Å². The average Bonchev–Trinajstić information content (AvgIpc) is 3.09. The highest BCUT2D eigenvalue weighted by molar-refractivity contribution is 5.96. The number of para-hydroxylation sites is 1. The van der Waals surface area contributed by atoms with Crippen molar-refractivity contribution in [3.8, 4) is 5.75 Å². The zero-order valence-corrected chi connectivity index (χ0v) is 16.0. The minimum Gasteiger partial charge on any atom is -0.493 e. The Bertz CT molecular complexity index is 811. The van der Waals surface area contributed by atoms with Crippen molar-refractivity contribution in [2.45, 2.75) is 39.8 Å². The van der Waals surface area contributed by atoms with Gasteiger partial charge in [0, 0.05) is 23.7 Å². The molecule has 0 fully saturated rings. The number of nitrogens with zero attached hydrogens (tertiary/aromatic N) is 2. The fourth-order valence-corrected chi connectivity index (χ4v) is 2.38. The number of hydrogen-bond donors (Lipinski definition) is 1. The third-order valence-corrected chi connectivity index (χ3v) is 3.69. The molecule has 2 aromatic rings. The van der Waals surface area contributed by atoms with Crippen LogP contribution in [-0.2, 0) is 14.3 Å². The third-order valence-electron chi connectivity index (χ3n) is 3.69. The van der Waals surface area contributed by atoms with Crippen LogP contribution in [0.2, 0.25) is 0 Å². The number of hydrogen-bond acceptors (Lipinski definition) is 5. The SMILES string of the molecule is CCOc1ccccc1/C=C/C(=O)O[C@H](C)C(=O)Nc1ccnn1C(C)C. The maximum absolute atomic E-state index is 12.3. The van der Waals surface area contributed by atoms with Gasteiger partial charge in [0.2, 0.25) is 0 Å².